The fourth-order valence-corrected chi connectivity index (χ4v) is 5.49. The van der Waals surface area contributed by atoms with Crippen LogP contribution in [0.3, 0.4) is 0 Å². The molecule has 2 aromatic heterocycles. The van der Waals surface area contributed by atoms with Gasteiger partial charge in [0.1, 0.15) is 23.4 Å². The van der Waals surface area contributed by atoms with Crippen molar-refractivity contribution >= 4 is 62.4 Å². The Morgan fingerprint density at radius 1 is 1.00 bits per heavy atom. The molecule has 1 fully saturated rings. The van der Waals surface area contributed by atoms with E-state index in [9.17, 15) is 4.79 Å². The molecular formula is C28H22Cl2FN7O. The number of nitrogens with zero attached hydrogens (tertiary/aromatic N) is 5. The van der Waals surface area contributed by atoms with Gasteiger partial charge in [0, 0.05) is 58.7 Å². The lowest BCUT2D eigenvalue weighted by Gasteiger charge is -2.35. The van der Waals surface area contributed by atoms with Crippen LogP contribution in [0, 0.1) is 18.2 Å². The van der Waals surface area contributed by atoms with E-state index in [2.05, 4.69) is 20.2 Å². The highest BCUT2D eigenvalue weighted by atomic mass is 35.5. The highest BCUT2D eigenvalue weighted by Gasteiger charge is 2.28. The molecule has 3 heterocycles. The monoisotopic (exact) mass is 561 g/mol. The van der Waals surface area contributed by atoms with Crippen molar-refractivity contribution in [3.8, 4) is 11.1 Å². The maximum Gasteiger partial charge on any atom is 0.272 e. The number of fused-ring (bicyclic) bond motifs is 2. The van der Waals surface area contributed by atoms with Gasteiger partial charge in [-0.1, -0.05) is 41.4 Å². The Morgan fingerprint density at radius 3 is 2.49 bits per heavy atom. The summed E-state index contributed by atoms with van der Waals surface area (Å²) in [6.07, 6.45) is 3.01. The van der Waals surface area contributed by atoms with Gasteiger partial charge in [0.05, 0.1) is 16.7 Å². The van der Waals surface area contributed by atoms with Crippen LogP contribution in [0.4, 0.5) is 10.2 Å². The lowest BCUT2D eigenvalue weighted by molar-refractivity contribution is -0.124. The lowest BCUT2D eigenvalue weighted by atomic mass is 9.95. The molecule has 0 bridgehead atoms. The minimum atomic E-state index is -0.525. The Balaban J connectivity index is 1.29. The molecule has 0 spiro atoms. The topological polar surface area (TPSA) is 102 Å². The SMILES string of the molecule is Cc1ccc2[nH]ncc2c1-c1c(Cl)cc2c(N3CCN(C(=O)C(=N)c4ccc(Cl)cc4)CC3)ncnc2c1F. The molecule has 1 saturated heterocycles. The summed E-state index contributed by atoms with van der Waals surface area (Å²) < 4.78 is 16.1. The van der Waals surface area contributed by atoms with Crippen molar-refractivity contribution in [1.29, 1.82) is 5.41 Å². The largest absolute Gasteiger partial charge is 0.352 e. The van der Waals surface area contributed by atoms with Gasteiger partial charge in [-0.3, -0.25) is 15.3 Å². The molecule has 3 aromatic carbocycles. The summed E-state index contributed by atoms with van der Waals surface area (Å²) in [6.45, 7) is 3.59. The van der Waals surface area contributed by atoms with Crippen molar-refractivity contribution in [3.63, 3.8) is 0 Å². The molecule has 0 atom stereocenters. The molecule has 196 valence electrons. The normalized spacial score (nSPS) is 13.8. The number of carbonyl (C=O) groups is 1. The first-order valence-electron chi connectivity index (χ1n) is 12.3. The fourth-order valence-electron chi connectivity index (χ4n) is 5.08. The number of anilines is 1. The molecule has 8 nitrogen and oxygen atoms in total. The predicted molar refractivity (Wildman–Crippen MR) is 151 cm³/mol. The number of carbonyl (C=O) groups excluding carboxylic acids is 1. The van der Waals surface area contributed by atoms with Gasteiger partial charge in [0.25, 0.3) is 5.91 Å². The smallest absolute Gasteiger partial charge is 0.272 e. The van der Waals surface area contributed by atoms with Crippen LogP contribution in [0.1, 0.15) is 11.1 Å². The zero-order chi connectivity index (χ0) is 27.3. The van der Waals surface area contributed by atoms with Gasteiger partial charge < -0.3 is 9.80 Å². The third-order valence-corrected chi connectivity index (χ3v) is 7.65. The van der Waals surface area contributed by atoms with Crippen molar-refractivity contribution in [3.05, 3.63) is 82.0 Å². The second kappa shape index (κ2) is 9.91. The molecule has 6 rings (SSSR count). The molecule has 1 amide bonds. The van der Waals surface area contributed by atoms with E-state index < -0.39 is 5.82 Å². The first-order valence-corrected chi connectivity index (χ1v) is 13.0. The zero-order valence-corrected chi connectivity index (χ0v) is 22.3. The van der Waals surface area contributed by atoms with Gasteiger partial charge in [-0.05, 0) is 36.8 Å². The number of hydrogen-bond acceptors (Lipinski definition) is 6. The number of aromatic amines is 1. The minimum absolute atomic E-state index is 0.0862. The second-order valence-electron chi connectivity index (χ2n) is 9.39. The molecule has 1 aliphatic heterocycles. The Hall–Kier alpha value is -4.08. The van der Waals surface area contributed by atoms with Crippen LogP contribution in [0.5, 0.6) is 0 Å². The van der Waals surface area contributed by atoms with Crippen molar-refractivity contribution in [1.82, 2.24) is 25.1 Å². The molecular weight excluding hydrogens is 540 g/mol. The van der Waals surface area contributed by atoms with Crippen LogP contribution in [-0.2, 0) is 4.79 Å². The van der Waals surface area contributed by atoms with E-state index in [0.29, 0.717) is 53.5 Å². The quantitative estimate of drug-likeness (QED) is 0.276. The summed E-state index contributed by atoms with van der Waals surface area (Å²) in [7, 11) is 0. The van der Waals surface area contributed by atoms with Gasteiger partial charge in [0.2, 0.25) is 0 Å². The Labute approximate surface area is 232 Å². The number of amides is 1. The summed E-state index contributed by atoms with van der Waals surface area (Å²) in [5, 5.41) is 17.4. The average molecular weight is 562 g/mol. The molecule has 0 saturated carbocycles. The van der Waals surface area contributed by atoms with Gasteiger partial charge >= 0.3 is 0 Å². The zero-order valence-electron chi connectivity index (χ0n) is 20.8. The number of aryl methyl sites for hydroxylation is 1. The Morgan fingerprint density at radius 2 is 1.74 bits per heavy atom. The van der Waals surface area contributed by atoms with Crippen molar-refractivity contribution in [2.75, 3.05) is 31.1 Å². The maximum absolute atomic E-state index is 16.1. The van der Waals surface area contributed by atoms with Crippen LogP contribution in [-0.4, -0.2) is 62.9 Å². The van der Waals surface area contributed by atoms with Crippen LogP contribution < -0.4 is 4.90 Å². The van der Waals surface area contributed by atoms with Crippen LogP contribution in [0.15, 0.2) is 55.0 Å². The third-order valence-electron chi connectivity index (χ3n) is 7.10. The van der Waals surface area contributed by atoms with E-state index in [4.69, 9.17) is 28.6 Å². The van der Waals surface area contributed by atoms with Crippen molar-refractivity contribution < 1.29 is 9.18 Å². The van der Waals surface area contributed by atoms with E-state index in [-0.39, 0.29) is 27.7 Å². The standard InChI is InChI=1S/C28H22Cl2FN7O/c1-15-2-7-21-19(13-35-36-21)22(15)23-20(30)12-18-26(24(23)31)33-14-34-27(18)37-8-10-38(11-9-37)28(39)25(32)16-3-5-17(29)6-4-16/h2-7,12-14,32H,8-11H2,1H3,(H,35,36). The lowest BCUT2D eigenvalue weighted by Crippen LogP contribution is -2.51. The number of H-pyrrole nitrogens is 1. The number of hydrogen-bond donors (Lipinski definition) is 2. The third kappa shape index (κ3) is 4.37. The minimum Gasteiger partial charge on any atom is -0.352 e. The summed E-state index contributed by atoms with van der Waals surface area (Å²) in [5.41, 5.74) is 3.18. The Kier molecular flexibility index (Phi) is 6.40. The molecule has 11 heteroatoms. The van der Waals surface area contributed by atoms with E-state index in [1.807, 2.05) is 24.0 Å². The molecule has 39 heavy (non-hydrogen) atoms. The summed E-state index contributed by atoms with van der Waals surface area (Å²) in [4.78, 5) is 25.3. The Bertz CT molecular complexity index is 1760. The van der Waals surface area contributed by atoms with Gasteiger partial charge in [-0.15, -0.1) is 0 Å². The van der Waals surface area contributed by atoms with E-state index in [1.54, 1.807) is 41.4 Å². The number of rotatable bonds is 4. The fraction of sp³-hybridized carbons (Fsp3) is 0.179. The number of piperazine rings is 1. The van der Waals surface area contributed by atoms with Gasteiger partial charge in [0.15, 0.2) is 5.82 Å². The van der Waals surface area contributed by atoms with Gasteiger partial charge in [-0.25, -0.2) is 14.4 Å². The number of halogens is 3. The number of nitrogens with one attached hydrogen (secondary N) is 2. The van der Waals surface area contributed by atoms with Gasteiger partial charge in [-0.2, -0.15) is 5.10 Å². The van der Waals surface area contributed by atoms with Crippen molar-refractivity contribution in [2.45, 2.75) is 6.92 Å². The summed E-state index contributed by atoms with van der Waals surface area (Å²) >= 11 is 12.7. The van der Waals surface area contributed by atoms with E-state index in [0.717, 1.165) is 16.5 Å². The molecule has 1 aliphatic rings. The highest BCUT2D eigenvalue weighted by Crippen LogP contribution is 2.41. The molecule has 0 unspecified atom stereocenters. The maximum atomic E-state index is 16.1. The molecule has 0 aliphatic carbocycles. The molecule has 5 aromatic rings. The summed E-state index contributed by atoms with van der Waals surface area (Å²) in [5.74, 6) is -0.333. The van der Waals surface area contributed by atoms with E-state index >= 15 is 4.39 Å². The van der Waals surface area contributed by atoms with Crippen LogP contribution in [0.25, 0.3) is 32.9 Å². The average Bonchev–Trinajstić information content (AvgIpc) is 3.43. The van der Waals surface area contributed by atoms with Crippen LogP contribution in [0.2, 0.25) is 10.0 Å². The van der Waals surface area contributed by atoms with Crippen LogP contribution >= 0.6 is 23.2 Å². The first kappa shape index (κ1) is 25.2. The summed E-state index contributed by atoms with van der Waals surface area (Å²) in [6, 6.07) is 12.1. The molecule has 2 N–H and O–H groups in total. The number of benzene rings is 3. The second-order valence-corrected chi connectivity index (χ2v) is 10.2. The first-order chi connectivity index (χ1) is 18.8. The highest BCUT2D eigenvalue weighted by molar-refractivity contribution is 6.44. The van der Waals surface area contributed by atoms with Crippen molar-refractivity contribution in [2.24, 2.45) is 0 Å². The molecule has 0 radical (unpaired) electrons. The predicted octanol–water partition coefficient (Wildman–Crippen LogP) is 5.64. The number of aromatic nitrogens is 4. The van der Waals surface area contributed by atoms with E-state index in [1.165, 1.54) is 6.33 Å².